The Kier molecular flexibility index (Phi) is 6.95. The summed E-state index contributed by atoms with van der Waals surface area (Å²) in [5.41, 5.74) is 1.66. The van der Waals surface area contributed by atoms with Crippen LogP contribution in [0.1, 0.15) is 41.7 Å². The first-order valence-electron chi connectivity index (χ1n) is 12.3. The van der Waals surface area contributed by atoms with Gasteiger partial charge in [0.2, 0.25) is 5.91 Å². The number of aromatic amines is 1. The highest BCUT2D eigenvalue weighted by Crippen LogP contribution is 2.41. The molecular formula is C26H30N6O3S. The van der Waals surface area contributed by atoms with Crippen LogP contribution in [0, 0.1) is 5.41 Å². The van der Waals surface area contributed by atoms with Gasteiger partial charge in [-0.15, -0.1) is 10.2 Å². The molecular weight excluding hydrogens is 476 g/mol. The minimum absolute atomic E-state index is 0.0428. The molecule has 2 amide bonds. The Balaban J connectivity index is 1.17. The summed E-state index contributed by atoms with van der Waals surface area (Å²) in [5.74, 6) is 0.0973. The Morgan fingerprint density at radius 2 is 1.69 bits per heavy atom. The summed E-state index contributed by atoms with van der Waals surface area (Å²) in [6.45, 7) is 2.80. The smallest absolute Gasteiger partial charge is 0.273 e. The van der Waals surface area contributed by atoms with Gasteiger partial charge in [-0.3, -0.25) is 19.4 Å². The molecule has 5 rings (SSSR count). The number of benzene rings is 1. The summed E-state index contributed by atoms with van der Waals surface area (Å²) in [5, 5.41) is 8.41. The summed E-state index contributed by atoms with van der Waals surface area (Å²) >= 11 is 1.32. The summed E-state index contributed by atoms with van der Waals surface area (Å²) in [6, 6.07) is 11.6. The van der Waals surface area contributed by atoms with Crippen LogP contribution in [-0.4, -0.2) is 73.8 Å². The highest BCUT2D eigenvalue weighted by molar-refractivity contribution is 7.98. The maximum atomic E-state index is 13.4. The van der Waals surface area contributed by atoms with E-state index in [-0.39, 0.29) is 35.6 Å². The Morgan fingerprint density at radius 1 is 1.00 bits per heavy atom. The van der Waals surface area contributed by atoms with Gasteiger partial charge in [-0.25, -0.2) is 0 Å². The van der Waals surface area contributed by atoms with Crippen LogP contribution in [0.25, 0.3) is 5.69 Å². The minimum Gasteiger partial charge on any atom is -0.342 e. The predicted octanol–water partition coefficient (Wildman–Crippen LogP) is 2.77. The lowest BCUT2D eigenvalue weighted by atomic mass is 9.77. The number of amides is 2. The number of rotatable bonds is 6. The third kappa shape index (κ3) is 4.95. The lowest BCUT2D eigenvalue weighted by Gasteiger charge is -2.39. The van der Waals surface area contributed by atoms with Gasteiger partial charge in [-0.05, 0) is 55.2 Å². The van der Waals surface area contributed by atoms with Gasteiger partial charge in [0.15, 0.2) is 5.16 Å². The van der Waals surface area contributed by atoms with Crippen molar-refractivity contribution in [2.24, 2.45) is 5.41 Å². The Bertz CT molecular complexity index is 1300. The van der Waals surface area contributed by atoms with Gasteiger partial charge < -0.3 is 14.4 Å². The monoisotopic (exact) mass is 506 g/mol. The van der Waals surface area contributed by atoms with Crippen LogP contribution >= 0.6 is 11.8 Å². The SMILES string of the molecule is CSc1nnc(CCC(=O)N2CCC3(CCN(C(=O)c4ccccc4-n4cccc4)CC3)C2)c(=O)[nH]1. The molecule has 188 valence electrons. The van der Waals surface area contributed by atoms with Crippen molar-refractivity contribution < 1.29 is 9.59 Å². The third-order valence-electron chi connectivity index (χ3n) is 7.43. The number of para-hydroxylation sites is 1. The van der Waals surface area contributed by atoms with E-state index >= 15 is 0 Å². The molecule has 0 aliphatic carbocycles. The van der Waals surface area contributed by atoms with Gasteiger partial charge in [-0.2, -0.15) is 0 Å². The molecule has 2 aromatic heterocycles. The maximum absolute atomic E-state index is 13.4. The second kappa shape index (κ2) is 10.3. The first-order valence-corrected chi connectivity index (χ1v) is 13.5. The molecule has 36 heavy (non-hydrogen) atoms. The topological polar surface area (TPSA) is 104 Å². The standard InChI is InChI=1S/C26H30N6O3S/c1-36-25-27-23(34)20(28-29-25)8-9-22(33)32-17-12-26(18-32)10-15-31(16-11-26)24(35)19-6-2-3-7-21(19)30-13-4-5-14-30/h2-7,13-14H,8-12,15-18H2,1H3,(H,27,29,34). The fourth-order valence-corrected chi connectivity index (χ4v) is 5.59. The van der Waals surface area contributed by atoms with Crippen LogP contribution < -0.4 is 5.56 Å². The highest BCUT2D eigenvalue weighted by atomic mass is 32.2. The molecule has 3 aromatic rings. The van der Waals surface area contributed by atoms with E-state index in [2.05, 4.69) is 15.2 Å². The van der Waals surface area contributed by atoms with Crippen molar-refractivity contribution in [2.75, 3.05) is 32.4 Å². The summed E-state index contributed by atoms with van der Waals surface area (Å²) in [6.07, 6.45) is 8.95. The van der Waals surface area contributed by atoms with Crippen LogP contribution in [0.5, 0.6) is 0 Å². The van der Waals surface area contributed by atoms with Crippen LogP contribution in [0.15, 0.2) is 58.7 Å². The fourth-order valence-electron chi connectivity index (χ4n) is 5.27. The molecule has 1 N–H and O–H groups in total. The number of piperidine rings is 1. The average Bonchev–Trinajstić information content (AvgIpc) is 3.59. The number of aromatic nitrogens is 4. The molecule has 2 aliphatic heterocycles. The number of hydrogen-bond donors (Lipinski definition) is 1. The number of likely N-dealkylation sites (tertiary alicyclic amines) is 2. The van der Waals surface area contributed by atoms with Crippen molar-refractivity contribution in [1.82, 2.24) is 29.5 Å². The lowest BCUT2D eigenvalue weighted by Crippen LogP contribution is -2.45. The molecule has 0 atom stereocenters. The zero-order chi connectivity index (χ0) is 25.1. The molecule has 0 bridgehead atoms. The lowest BCUT2D eigenvalue weighted by molar-refractivity contribution is -0.130. The summed E-state index contributed by atoms with van der Waals surface area (Å²) in [7, 11) is 0. The van der Waals surface area contributed by atoms with Crippen LogP contribution in [-0.2, 0) is 11.2 Å². The van der Waals surface area contributed by atoms with Gasteiger partial charge in [0, 0.05) is 51.4 Å². The molecule has 2 saturated heterocycles. The molecule has 10 heteroatoms. The van der Waals surface area contributed by atoms with Gasteiger partial charge in [0.1, 0.15) is 5.69 Å². The molecule has 0 radical (unpaired) electrons. The molecule has 2 aliphatic rings. The quantitative estimate of drug-likeness (QED) is 0.516. The number of H-pyrrole nitrogens is 1. The molecule has 4 heterocycles. The molecule has 1 spiro atoms. The largest absolute Gasteiger partial charge is 0.342 e. The Morgan fingerprint density at radius 3 is 2.39 bits per heavy atom. The highest BCUT2D eigenvalue weighted by Gasteiger charge is 2.42. The van der Waals surface area contributed by atoms with Crippen LogP contribution in [0.3, 0.4) is 0 Å². The zero-order valence-corrected chi connectivity index (χ0v) is 21.2. The van der Waals surface area contributed by atoms with Gasteiger partial charge in [0.25, 0.3) is 11.5 Å². The first kappa shape index (κ1) is 24.3. The van der Waals surface area contributed by atoms with E-state index in [1.165, 1.54) is 11.8 Å². The number of hydrogen-bond acceptors (Lipinski definition) is 6. The minimum atomic E-state index is -0.282. The fraction of sp³-hybridized carbons (Fsp3) is 0.423. The molecule has 2 fully saturated rings. The normalized spacial score (nSPS) is 17.0. The number of nitrogens with zero attached hydrogens (tertiary/aromatic N) is 5. The van der Waals surface area contributed by atoms with E-state index in [1.807, 2.05) is 69.4 Å². The molecule has 0 saturated carbocycles. The second-order valence-electron chi connectivity index (χ2n) is 9.58. The Labute approximate surface area is 213 Å². The number of thioether (sulfide) groups is 1. The van der Waals surface area contributed by atoms with E-state index in [0.717, 1.165) is 31.5 Å². The van der Waals surface area contributed by atoms with Crippen molar-refractivity contribution in [3.05, 3.63) is 70.4 Å². The molecule has 0 unspecified atom stereocenters. The van der Waals surface area contributed by atoms with Crippen LogP contribution in [0.2, 0.25) is 0 Å². The predicted molar refractivity (Wildman–Crippen MR) is 137 cm³/mol. The van der Waals surface area contributed by atoms with Crippen LogP contribution in [0.4, 0.5) is 0 Å². The van der Waals surface area contributed by atoms with E-state index in [1.54, 1.807) is 0 Å². The average molecular weight is 507 g/mol. The molecule has 1 aromatic carbocycles. The van der Waals surface area contributed by atoms with E-state index in [0.29, 0.717) is 36.0 Å². The van der Waals surface area contributed by atoms with Crippen molar-refractivity contribution in [2.45, 2.75) is 37.3 Å². The third-order valence-corrected chi connectivity index (χ3v) is 8.00. The summed E-state index contributed by atoms with van der Waals surface area (Å²) < 4.78 is 1.97. The van der Waals surface area contributed by atoms with Gasteiger partial charge >= 0.3 is 0 Å². The number of nitrogens with one attached hydrogen (secondary N) is 1. The number of aryl methyl sites for hydroxylation is 1. The summed E-state index contributed by atoms with van der Waals surface area (Å²) in [4.78, 5) is 44.9. The van der Waals surface area contributed by atoms with Crippen molar-refractivity contribution in [3.63, 3.8) is 0 Å². The Hall–Kier alpha value is -3.40. The number of carbonyl (C=O) groups is 2. The van der Waals surface area contributed by atoms with Gasteiger partial charge in [-0.1, -0.05) is 23.9 Å². The second-order valence-corrected chi connectivity index (χ2v) is 10.4. The van der Waals surface area contributed by atoms with Crippen molar-refractivity contribution in [3.8, 4) is 5.69 Å². The van der Waals surface area contributed by atoms with Crippen molar-refractivity contribution in [1.29, 1.82) is 0 Å². The molecule has 9 nitrogen and oxygen atoms in total. The van der Waals surface area contributed by atoms with Gasteiger partial charge in [0.05, 0.1) is 11.3 Å². The van der Waals surface area contributed by atoms with Crippen molar-refractivity contribution >= 4 is 23.6 Å². The van der Waals surface area contributed by atoms with E-state index in [9.17, 15) is 14.4 Å². The van der Waals surface area contributed by atoms with E-state index < -0.39 is 0 Å². The van der Waals surface area contributed by atoms with E-state index in [4.69, 9.17) is 0 Å². The maximum Gasteiger partial charge on any atom is 0.273 e. The first-order chi connectivity index (χ1) is 17.5. The zero-order valence-electron chi connectivity index (χ0n) is 20.4. The number of carbonyl (C=O) groups excluding carboxylic acids is 2.